The number of carbonyl (C=O) groups is 1. The number of carboxylic acids is 1. The van der Waals surface area contributed by atoms with E-state index >= 15 is 0 Å². The van der Waals surface area contributed by atoms with Gasteiger partial charge in [-0.3, -0.25) is 4.72 Å². The summed E-state index contributed by atoms with van der Waals surface area (Å²) in [4.78, 5) is 14.8. The van der Waals surface area contributed by atoms with Crippen molar-refractivity contribution >= 4 is 48.3 Å². The van der Waals surface area contributed by atoms with Crippen molar-refractivity contribution in [2.45, 2.75) is 12.7 Å². The number of anilines is 1. The second-order valence-electron chi connectivity index (χ2n) is 4.17. The smallest absolute Gasteiger partial charge is 0.357 e. The van der Waals surface area contributed by atoms with E-state index in [1.807, 2.05) is 0 Å². The van der Waals surface area contributed by atoms with Crippen LogP contribution in [0.15, 0.2) is 28.7 Å². The highest BCUT2D eigenvalue weighted by atomic mass is 79.9. The van der Waals surface area contributed by atoms with Gasteiger partial charge in [-0.25, -0.2) is 18.2 Å². The predicted molar refractivity (Wildman–Crippen MR) is 84.2 cm³/mol. The van der Waals surface area contributed by atoms with Crippen molar-refractivity contribution in [2.75, 3.05) is 4.72 Å². The third-order valence-corrected chi connectivity index (χ3v) is 5.48. The van der Waals surface area contributed by atoms with Gasteiger partial charge in [0.1, 0.15) is 5.00 Å². The molecule has 0 amide bonds. The first-order valence-corrected chi connectivity index (χ1v) is 8.99. The van der Waals surface area contributed by atoms with E-state index in [2.05, 4.69) is 25.6 Å². The maximum Gasteiger partial charge on any atom is 0.357 e. The maximum atomic E-state index is 12.2. The Labute approximate surface area is 134 Å². The number of thiazole rings is 1. The van der Waals surface area contributed by atoms with Crippen molar-refractivity contribution in [3.8, 4) is 0 Å². The molecule has 2 aromatic rings. The number of hydrogen-bond donors (Lipinski definition) is 2. The number of aromatic carboxylic acids is 1. The van der Waals surface area contributed by atoms with Gasteiger partial charge in [0.05, 0.1) is 10.8 Å². The van der Waals surface area contributed by atoms with Crippen LogP contribution >= 0.6 is 27.3 Å². The lowest BCUT2D eigenvalue weighted by Crippen LogP contribution is -2.16. The van der Waals surface area contributed by atoms with Crippen LogP contribution in [0.2, 0.25) is 0 Å². The molecule has 112 valence electrons. The van der Waals surface area contributed by atoms with E-state index in [0.717, 1.165) is 11.3 Å². The van der Waals surface area contributed by atoms with Crippen LogP contribution in [0.25, 0.3) is 0 Å². The van der Waals surface area contributed by atoms with E-state index in [1.54, 1.807) is 31.2 Å². The average molecular weight is 391 g/mol. The van der Waals surface area contributed by atoms with Gasteiger partial charge in [0.15, 0.2) is 5.69 Å². The van der Waals surface area contributed by atoms with E-state index < -0.39 is 16.0 Å². The molecule has 0 unspecified atom stereocenters. The third-order valence-electron chi connectivity index (χ3n) is 2.49. The monoisotopic (exact) mass is 390 g/mol. The zero-order valence-corrected chi connectivity index (χ0v) is 14.0. The Balaban J connectivity index is 2.26. The highest BCUT2D eigenvalue weighted by molar-refractivity contribution is 9.10. The molecule has 1 heterocycles. The van der Waals surface area contributed by atoms with Crippen LogP contribution in [0.5, 0.6) is 0 Å². The molecule has 0 aliphatic carbocycles. The molecule has 6 nitrogen and oxygen atoms in total. The first-order chi connectivity index (χ1) is 9.78. The molecule has 1 aromatic carbocycles. The fourth-order valence-corrected chi connectivity index (χ4v) is 4.57. The predicted octanol–water partition coefficient (Wildman–Crippen LogP) is 2.85. The molecule has 2 rings (SSSR count). The number of benzene rings is 1. The van der Waals surface area contributed by atoms with Crippen molar-refractivity contribution in [3.63, 3.8) is 0 Å². The van der Waals surface area contributed by atoms with Crippen LogP contribution in [0.1, 0.15) is 21.1 Å². The molecule has 0 radical (unpaired) electrons. The summed E-state index contributed by atoms with van der Waals surface area (Å²) < 4.78 is 27.3. The van der Waals surface area contributed by atoms with Crippen LogP contribution in [-0.2, 0) is 15.8 Å². The van der Waals surface area contributed by atoms with Crippen molar-refractivity contribution < 1.29 is 18.3 Å². The zero-order valence-electron chi connectivity index (χ0n) is 10.8. The van der Waals surface area contributed by atoms with Gasteiger partial charge < -0.3 is 5.11 Å². The van der Waals surface area contributed by atoms with Gasteiger partial charge in [-0.15, -0.1) is 11.3 Å². The van der Waals surface area contributed by atoms with Gasteiger partial charge in [0, 0.05) is 4.47 Å². The molecule has 21 heavy (non-hydrogen) atoms. The van der Waals surface area contributed by atoms with Gasteiger partial charge in [-0.2, -0.15) is 0 Å². The average Bonchev–Trinajstić information content (AvgIpc) is 2.72. The number of nitrogens with zero attached hydrogens (tertiary/aromatic N) is 1. The Bertz CT molecular complexity index is 786. The second-order valence-corrected chi connectivity index (χ2v) is 7.95. The third kappa shape index (κ3) is 4.02. The Morgan fingerprint density at radius 3 is 2.71 bits per heavy atom. The Morgan fingerprint density at radius 2 is 2.10 bits per heavy atom. The summed E-state index contributed by atoms with van der Waals surface area (Å²) in [7, 11) is -3.73. The summed E-state index contributed by atoms with van der Waals surface area (Å²) in [6, 6.07) is 6.93. The lowest BCUT2D eigenvalue weighted by atomic mass is 10.2. The fraction of sp³-hybridized carbons (Fsp3) is 0.167. The molecule has 0 spiro atoms. The quantitative estimate of drug-likeness (QED) is 0.817. The van der Waals surface area contributed by atoms with E-state index in [-0.39, 0.29) is 16.4 Å². The summed E-state index contributed by atoms with van der Waals surface area (Å²) in [5.41, 5.74) is 0.302. The molecule has 0 saturated carbocycles. The number of hydrogen-bond acceptors (Lipinski definition) is 5. The topological polar surface area (TPSA) is 96.4 Å². The molecular formula is C12H11BrN2O4S2. The molecule has 1 aromatic heterocycles. The van der Waals surface area contributed by atoms with Gasteiger partial charge in [-0.05, 0) is 18.6 Å². The first-order valence-electron chi connectivity index (χ1n) is 5.73. The van der Waals surface area contributed by atoms with Crippen LogP contribution in [0, 0.1) is 6.92 Å². The summed E-state index contributed by atoms with van der Waals surface area (Å²) in [6.45, 7) is 1.61. The summed E-state index contributed by atoms with van der Waals surface area (Å²) >= 11 is 4.27. The van der Waals surface area contributed by atoms with Gasteiger partial charge in [0.2, 0.25) is 10.0 Å². The maximum absolute atomic E-state index is 12.2. The standard InChI is InChI=1S/C12H11BrN2O4S2/c1-7-14-10(12(16)17)11(20-7)15-21(18,19)6-8-4-2-3-5-9(8)13/h2-5,15H,6H2,1H3,(H,16,17). The van der Waals surface area contributed by atoms with Crippen molar-refractivity contribution in [3.05, 3.63) is 45.0 Å². The number of aryl methyl sites for hydroxylation is 1. The number of nitrogens with one attached hydrogen (secondary N) is 1. The molecule has 0 aliphatic rings. The van der Waals surface area contributed by atoms with E-state index in [9.17, 15) is 13.2 Å². The van der Waals surface area contributed by atoms with Gasteiger partial charge in [-0.1, -0.05) is 34.1 Å². The van der Waals surface area contributed by atoms with Crippen LogP contribution in [0.4, 0.5) is 5.00 Å². The molecular weight excluding hydrogens is 380 g/mol. The highest BCUT2D eigenvalue weighted by Gasteiger charge is 2.21. The number of sulfonamides is 1. The van der Waals surface area contributed by atoms with Crippen LogP contribution in [0.3, 0.4) is 0 Å². The lowest BCUT2D eigenvalue weighted by molar-refractivity contribution is 0.0692. The SMILES string of the molecule is Cc1nc(C(=O)O)c(NS(=O)(=O)Cc2ccccc2Br)s1. The largest absolute Gasteiger partial charge is 0.476 e. The zero-order chi connectivity index (χ0) is 15.6. The minimum atomic E-state index is -3.73. The Hall–Kier alpha value is -1.45. The number of rotatable bonds is 5. The second kappa shape index (κ2) is 6.12. The van der Waals surface area contributed by atoms with Crippen molar-refractivity contribution in [2.24, 2.45) is 0 Å². The van der Waals surface area contributed by atoms with Crippen LogP contribution in [-0.4, -0.2) is 24.5 Å². The molecule has 9 heteroatoms. The van der Waals surface area contributed by atoms with Crippen molar-refractivity contribution in [1.82, 2.24) is 4.98 Å². The molecule has 2 N–H and O–H groups in total. The number of carboxylic acid groups (broad SMARTS) is 1. The molecule has 0 saturated heterocycles. The normalized spacial score (nSPS) is 11.3. The molecule has 0 fully saturated rings. The number of halogens is 1. The van der Waals surface area contributed by atoms with E-state index in [4.69, 9.17) is 5.11 Å². The number of aromatic nitrogens is 1. The summed E-state index contributed by atoms with van der Waals surface area (Å²) in [5.74, 6) is -1.53. The van der Waals surface area contributed by atoms with Gasteiger partial charge >= 0.3 is 5.97 Å². The van der Waals surface area contributed by atoms with Crippen LogP contribution < -0.4 is 4.72 Å². The van der Waals surface area contributed by atoms with Gasteiger partial charge in [0.25, 0.3) is 0 Å². The van der Waals surface area contributed by atoms with E-state index in [0.29, 0.717) is 15.0 Å². The minimum absolute atomic E-state index is 0.0204. The first kappa shape index (κ1) is 15.9. The molecule has 0 aliphatic heterocycles. The molecule has 0 atom stereocenters. The van der Waals surface area contributed by atoms with Crippen molar-refractivity contribution in [1.29, 1.82) is 0 Å². The fourth-order valence-electron chi connectivity index (χ4n) is 1.64. The lowest BCUT2D eigenvalue weighted by Gasteiger charge is -2.08. The minimum Gasteiger partial charge on any atom is -0.476 e. The Kier molecular flexibility index (Phi) is 4.64. The molecule has 0 bridgehead atoms. The summed E-state index contributed by atoms with van der Waals surface area (Å²) in [5, 5.41) is 9.51. The highest BCUT2D eigenvalue weighted by Crippen LogP contribution is 2.27. The summed E-state index contributed by atoms with van der Waals surface area (Å²) in [6.07, 6.45) is 0. The Morgan fingerprint density at radius 1 is 1.43 bits per heavy atom. The van der Waals surface area contributed by atoms with E-state index in [1.165, 1.54) is 0 Å².